The second-order valence-electron chi connectivity index (χ2n) is 10.9. The van der Waals surface area contributed by atoms with Crippen molar-refractivity contribution in [3.63, 3.8) is 0 Å². The lowest BCUT2D eigenvalue weighted by molar-refractivity contribution is -0.143. The van der Waals surface area contributed by atoms with E-state index in [2.05, 4.69) is 47.5 Å². The van der Waals surface area contributed by atoms with Crippen molar-refractivity contribution in [3.8, 4) is 0 Å². The highest BCUT2D eigenvalue weighted by Gasteiger charge is 2.45. The Hall–Kier alpha value is -2.81. The van der Waals surface area contributed by atoms with Crippen LogP contribution in [0.4, 0.5) is 26.3 Å². The maximum Gasteiger partial charge on any atom is 0.416 e. The molecule has 0 bridgehead atoms. The number of fused-ring (bicyclic) bond motifs is 2. The van der Waals surface area contributed by atoms with Gasteiger partial charge in [-0.3, -0.25) is 4.79 Å². The van der Waals surface area contributed by atoms with Crippen LogP contribution in [0.25, 0.3) is 6.08 Å². The minimum Gasteiger partial charge on any atom is -0.352 e. The Bertz CT molecular complexity index is 1200. The molecule has 1 N–H and O–H groups in total. The number of allylic oxidation sites excluding steroid dienone is 1. The number of halogens is 6. The SMILES string of the molecule is C[C@H]1CN([C@@H]2CC[C@H](C(=O)NCc3cc(C(F)(F)F)cc(C(F)(F)F)c3)C2)CC[C@]12C=Cc1ccccc12. The molecule has 3 aliphatic rings. The van der Waals surface area contributed by atoms with Gasteiger partial charge in [0, 0.05) is 30.5 Å². The molecule has 0 aromatic heterocycles. The van der Waals surface area contributed by atoms with Crippen LogP contribution in [0.3, 0.4) is 0 Å². The molecule has 204 valence electrons. The van der Waals surface area contributed by atoms with E-state index >= 15 is 0 Å². The first kappa shape index (κ1) is 26.8. The molecular weight excluding hydrogens is 506 g/mol. The van der Waals surface area contributed by atoms with Crippen LogP contribution in [0.5, 0.6) is 0 Å². The number of hydrogen-bond donors (Lipinski definition) is 1. The summed E-state index contributed by atoms with van der Waals surface area (Å²) < 4.78 is 78.8. The Morgan fingerprint density at radius 3 is 2.37 bits per heavy atom. The topological polar surface area (TPSA) is 32.3 Å². The number of alkyl halides is 6. The number of amides is 1. The van der Waals surface area contributed by atoms with Gasteiger partial charge in [-0.1, -0.05) is 43.3 Å². The third kappa shape index (κ3) is 5.09. The van der Waals surface area contributed by atoms with Crippen LogP contribution >= 0.6 is 0 Å². The van der Waals surface area contributed by atoms with Crippen LogP contribution < -0.4 is 5.32 Å². The summed E-state index contributed by atoms with van der Waals surface area (Å²) in [5.41, 5.74) is -0.311. The summed E-state index contributed by atoms with van der Waals surface area (Å²) in [6.07, 6.45) is -2.18. The molecule has 2 aromatic carbocycles. The minimum atomic E-state index is -4.92. The van der Waals surface area contributed by atoms with Gasteiger partial charge in [0.05, 0.1) is 11.1 Å². The summed E-state index contributed by atoms with van der Waals surface area (Å²) in [6, 6.07) is 10.1. The molecule has 2 aliphatic carbocycles. The van der Waals surface area contributed by atoms with Gasteiger partial charge in [-0.25, -0.2) is 0 Å². The number of likely N-dealkylation sites (tertiary alicyclic amines) is 1. The Morgan fingerprint density at radius 2 is 1.71 bits per heavy atom. The average Bonchev–Trinajstić information content (AvgIpc) is 3.50. The molecule has 2 aromatic rings. The highest BCUT2D eigenvalue weighted by Crippen LogP contribution is 2.48. The fourth-order valence-corrected chi connectivity index (χ4v) is 6.54. The van der Waals surface area contributed by atoms with Gasteiger partial charge in [0.1, 0.15) is 0 Å². The molecule has 1 spiro atoms. The monoisotopic (exact) mass is 536 g/mol. The van der Waals surface area contributed by atoms with Crippen LogP contribution in [0.2, 0.25) is 0 Å². The Labute approximate surface area is 217 Å². The zero-order valence-corrected chi connectivity index (χ0v) is 21.0. The fraction of sp³-hybridized carbons (Fsp3) is 0.483. The first-order chi connectivity index (χ1) is 17.9. The highest BCUT2D eigenvalue weighted by atomic mass is 19.4. The van der Waals surface area contributed by atoms with Crippen LogP contribution in [0, 0.1) is 11.8 Å². The maximum absolute atomic E-state index is 13.1. The molecule has 0 radical (unpaired) electrons. The molecule has 3 nitrogen and oxygen atoms in total. The second-order valence-corrected chi connectivity index (χ2v) is 10.9. The first-order valence-corrected chi connectivity index (χ1v) is 13.0. The second kappa shape index (κ2) is 9.74. The van der Waals surface area contributed by atoms with Gasteiger partial charge in [0.25, 0.3) is 0 Å². The molecule has 4 atom stereocenters. The molecule has 1 amide bonds. The van der Waals surface area contributed by atoms with Crippen molar-refractivity contribution < 1.29 is 31.1 Å². The van der Waals surface area contributed by atoms with E-state index in [0.29, 0.717) is 30.9 Å². The van der Waals surface area contributed by atoms with Crippen LogP contribution in [-0.4, -0.2) is 29.9 Å². The zero-order chi connectivity index (χ0) is 27.3. The van der Waals surface area contributed by atoms with Gasteiger partial charge in [0.2, 0.25) is 5.91 Å². The van der Waals surface area contributed by atoms with Gasteiger partial charge in [-0.15, -0.1) is 0 Å². The smallest absolute Gasteiger partial charge is 0.352 e. The van der Waals surface area contributed by atoms with E-state index in [-0.39, 0.29) is 41.5 Å². The molecule has 5 rings (SSSR count). The molecule has 2 fully saturated rings. The van der Waals surface area contributed by atoms with Crippen LogP contribution in [0.15, 0.2) is 48.5 Å². The minimum absolute atomic E-state index is 0.0305. The van der Waals surface area contributed by atoms with Crippen molar-refractivity contribution in [2.75, 3.05) is 13.1 Å². The lowest BCUT2D eigenvalue weighted by Crippen LogP contribution is -2.50. The van der Waals surface area contributed by atoms with Gasteiger partial charge < -0.3 is 10.2 Å². The average molecular weight is 537 g/mol. The summed E-state index contributed by atoms with van der Waals surface area (Å²) in [5.74, 6) is -0.244. The molecule has 0 unspecified atom stereocenters. The fourth-order valence-electron chi connectivity index (χ4n) is 6.54. The third-order valence-electron chi connectivity index (χ3n) is 8.63. The normalized spacial score (nSPS) is 27.6. The van der Waals surface area contributed by atoms with Crippen molar-refractivity contribution in [1.29, 1.82) is 0 Å². The summed E-state index contributed by atoms with van der Waals surface area (Å²) in [7, 11) is 0. The van der Waals surface area contributed by atoms with Crippen molar-refractivity contribution in [3.05, 3.63) is 76.4 Å². The summed E-state index contributed by atoms with van der Waals surface area (Å²) in [4.78, 5) is 15.3. The third-order valence-corrected chi connectivity index (χ3v) is 8.63. The number of rotatable bonds is 4. The standard InChI is InChI=1S/C29H30F6N2O/c1-18-17-37(11-10-27(18)9-8-20-4-2-3-5-25(20)27)24-7-6-21(14-24)26(38)36-16-19-12-22(28(30,31)32)15-23(13-19)29(33,34)35/h2-5,8-9,12-13,15,18,21,24H,6-7,10-11,14,16-17H2,1H3,(H,36,38)/t18-,21-,24+,27+/m0/s1. The Morgan fingerprint density at radius 1 is 1.03 bits per heavy atom. The predicted octanol–water partition coefficient (Wildman–Crippen LogP) is 6.82. The largest absolute Gasteiger partial charge is 0.416 e. The number of carbonyl (C=O) groups excluding carboxylic acids is 1. The van der Waals surface area contributed by atoms with Crippen LogP contribution in [-0.2, 0) is 29.1 Å². The summed E-state index contributed by atoms with van der Waals surface area (Å²) in [6.45, 7) is 3.69. The summed E-state index contributed by atoms with van der Waals surface area (Å²) in [5, 5.41) is 2.58. The first-order valence-electron chi connectivity index (χ1n) is 13.0. The van der Waals surface area contributed by atoms with E-state index in [4.69, 9.17) is 0 Å². The molecule has 1 heterocycles. The van der Waals surface area contributed by atoms with E-state index in [0.717, 1.165) is 25.9 Å². The number of carbonyl (C=O) groups is 1. The summed E-state index contributed by atoms with van der Waals surface area (Å²) >= 11 is 0. The Balaban J connectivity index is 1.19. The van der Waals surface area contributed by atoms with E-state index < -0.39 is 23.5 Å². The molecule has 38 heavy (non-hydrogen) atoms. The van der Waals surface area contributed by atoms with E-state index in [9.17, 15) is 31.1 Å². The lowest BCUT2D eigenvalue weighted by atomic mass is 9.68. The zero-order valence-electron chi connectivity index (χ0n) is 21.0. The lowest BCUT2D eigenvalue weighted by Gasteiger charge is -2.46. The number of hydrogen-bond acceptors (Lipinski definition) is 2. The van der Waals surface area contributed by atoms with Gasteiger partial charge >= 0.3 is 12.4 Å². The van der Waals surface area contributed by atoms with Crippen molar-refractivity contribution in [2.45, 2.75) is 63.0 Å². The highest BCUT2D eigenvalue weighted by molar-refractivity contribution is 5.79. The van der Waals surface area contributed by atoms with Crippen molar-refractivity contribution >= 4 is 12.0 Å². The van der Waals surface area contributed by atoms with Gasteiger partial charge in [-0.05, 0) is 73.0 Å². The molecule has 1 saturated heterocycles. The van der Waals surface area contributed by atoms with Crippen molar-refractivity contribution in [2.24, 2.45) is 11.8 Å². The number of nitrogens with zero attached hydrogens (tertiary/aromatic N) is 1. The van der Waals surface area contributed by atoms with Gasteiger partial charge in [-0.2, -0.15) is 26.3 Å². The van der Waals surface area contributed by atoms with E-state index in [1.165, 1.54) is 11.1 Å². The van der Waals surface area contributed by atoms with Gasteiger partial charge in [0.15, 0.2) is 0 Å². The Kier molecular flexibility index (Phi) is 6.86. The number of benzene rings is 2. The van der Waals surface area contributed by atoms with Crippen LogP contribution in [0.1, 0.15) is 60.4 Å². The molecular formula is C29H30F6N2O. The molecule has 1 aliphatic heterocycles. The predicted molar refractivity (Wildman–Crippen MR) is 132 cm³/mol. The number of piperidine rings is 1. The maximum atomic E-state index is 13.1. The van der Waals surface area contributed by atoms with E-state index in [1.54, 1.807) is 0 Å². The van der Waals surface area contributed by atoms with Crippen molar-refractivity contribution in [1.82, 2.24) is 10.2 Å². The molecule has 9 heteroatoms. The number of nitrogens with one attached hydrogen (secondary N) is 1. The quantitative estimate of drug-likeness (QED) is 0.435. The van der Waals surface area contributed by atoms with E-state index in [1.807, 2.05) is 6.07 Å². The molecule has 1 saturated carbocycles.